The zero-order chi connectivity index (χ0) is 39.5. The smallest absolute Gasteiger partial charge is 0.407 e. The quantitative estimate of drug-likeness (QED) is 0.315. The number of nitrogens with one attached hydrogen (secondary N) is 3. The summed E-state index contributed by atoms with van der Waals surface area (Å²) in [6, 6.07) is 8.99. The lowest BCUT2D eigenvalue weighted by Crippen LogP contribution is -2.54. The van der Waals surface area contributed by atoms with E-state index in [1.165, 1.54) is 4.57 Å². The van der Waals surface area contributed by atoms with Gasteiger partial charge in [0.1, 0.15) is 17.0 Å². The van der Waals surface area contributed by atoms with Gasteiger partial charge in [-0.3, -0.25) is 19.6 Å². The number of rotatable bonds is 10. The molecule has 296 valence electrons. The van der Waals surface area contributed by atoms with Crippen molar-refractivity contribution in [2.75, 3.05) is 57.7 Å². The van der Waals surface area contributed by atoms with Gasteiger partial charge < -0.3 is 29.9 Å². The summed E-state index contributed by atoms with van der Waals surface area (Å²) < 4.78 is 12.1. The van der Waals surface area contributed by atoms with Gasteiger partial charge in [-0.25, -0.2) is 19.2 Å². The first-order chi connectivity index (χ1) is 25.2. The largest absolute Gasteiger partial charge is 0.444 e. The second kappa shape index (κ2) is 16.0. The summed E-state index contributed by atoms with van der Waals surface area (Å²) in [4.78, 5) is 73.5. The van der Waals surface area contributed by atoms with E-state index in [0.717, 1.165) is 31.6 Å². The standard InChI is InChI=1S/C39H58N8O7/c1-27(23-40-34(51)53-36(2,3)4)38(8)16-18-44(26-38)24-28-9-11-29(12-10-28)47-17-13-30(43-33(47)50)42-32(49)46-21-19-45(20-22-46)31(48)39(14-15-39)25-41-35(52)54-37(5,6)7/h9-13,17,27H,14-16,18-26H2,1-8H3,(H,40,51)(H,41,52)(H,42,43,49,50). The highest BCUT2D eigenvalue weighted by molar-refractivity contribution is 5.89. The van der Waals surface area contributed by atoms with Crippen molar-refractivity contribution in [3.8, 4) is 5.69 Å². The number of ether oxygens (including phenoxy) is 2. The van der Waals surface area contributed by atoms with Crippen molar-refractivity contribution in [3.05, 3.63) is 52.6 Å². The summed E-state index contributed by atoms with van der Waals surface area (Å²) in [7, 11) is 0. The van der Waals surface area contributed by atoms with Gasteiger partial charge in [-0.15, -0.1) is 0 Å². The SMILES string of the molecule is CC(CNC(=O)OC(C)(C)C)C1(C)CCN(Cc2ccc(-n3ccc(NC(=O)N4CCN(C(=O)C5(CNC(=O)OC(C)(C)C)CC5)CC4)nc3=O)cc2)C1. The molecular formula is C39H58N8O7. The lowest BCUT2D eigenvalue weighted by molar-refractivity contribution is -0.138. The van der Waals surface area contributed by atoms with Gasteiger partial charge in [-0.1, -0.05) is 26.0 Å². The van der Waals surface area contributed by atoms with Gasteiger partial charge in [-0.2, -0.15) is 4.98 Å². The van der Waals surface area contributed by atoms with Gasteiger partial charge in [-0.05, 0) is 102 Å². The maximum absolute atomic E-state index is 13.3. The number of carbonyl (C=O) groups excluding carboxylic acids is 4. The van der Waals surface area contributed by atoms with Crippen LogP contribution in [0.4, 0.5) is 20.2 Å². The predicted molar refractivity (Wildman–Crippen MR) is 204 cm³/mol. The molecule has 1 saturated carbocycles. The Hall–Kier alpha value is -4.66. The first-order valence-corrected chi connectivity index (χ1v) is 18.9. The number of benzene rings is 1. The average molecular weight is 751 g/mol. The minimum atomic E-state index is -0.620. The van der Waals surface area contributed by atoms with Crippen LogP contribution in [-0.2, 0) is 20.8 Å². The third-order valence-corrected chi connectivity index (χ3v) is 10.5. The lowest BCUT2D eigenvalue weighted by Gasteiger charge is -2.36. The molecule has 15 heteroatoms. The number of likely N-dealkylation sites (tertiary alicyclic amines) is 1. The van der Waals surface area contributed by atoms with Crippen molar-refractivity contribution in [1.29, 1.82) is 0 Å². The van der Waals surface area contributed by atoms with E-state index < -0.39 is 40.5 Å². The Labute approximate surface area is 318 Å². The first-order valence-electron chi connectivity index (χ1n) is 18.9. The van der Waals surface area contributed by atoms with Crippen molar-refractivity contribution in [2.24, 2.45) is 16.7 Å². The Morgan fingerprint density at radius 2 is 1.43 bits per heavy atom. The molecule has 3 fully saturated rings. The average Bonchev–Trinajstić information content (AvgIpc) is 3.79. The second-order valence-electron chi connectivity index (χ2n) is 17.4. The van der Waals surface area contributed by atoms with Gasteiger partial charge in [0.2, 0.25) is 5.91 Å². The highest BCUT2D eigenvalue weighted by Crippen LogP contribution is 2.47. The van der Waals surface area contributed by atoms with Gasteiger partial charge in [0.25, 0.3) is 0 Å². The third kappa shape index (κ3) is 10.7. The number of amides is 5. The van der Waals surface area contributed by atoms with Crippen molar-refractivity contribution in [1.82, 2.24) is 34.9 Å². The van der Waals surface area contributed by atoms with E-state index >= 15 is 0 Å². The molecule has 0 spiro atoms. The molecule has 2 aliphatic heterocycles. The van der Waals surface area contributed by atoms with Gasteiger partial charge in [0, 0.05) is 58.6 Å². The van der Waals surface area contributed by atoms with Crippen LogP contribution < -0.4 is 21.6 Å². The van der Waals surface area contributed by atoms with Crippen molar-refractivity contribution < 1.29 is 28.7 Å². The van der Waals surface area contributed by atoms with E-state index in [-0.39, 0.29) is 29.6 Å². The van der Waals surface area contributed by atoms with Crippen LogP contribution in [0.3, 0.4) is 0 Å². The highest BCUT2D eigenvalue weighted by Gasteiger charge is 2.52. The fraction of sp³-hybridized carbons (Fsp3) is 0.641. The number of hydrogen-bond acceptors (Lipinski definition) is 9. The maximum atomic E-state index is 13.3. The van der Waals surface area contributed by atoms with Crippen LogP contribution in [0.5, 0.6) is 0 Å². The molecule has 1 aromatic heterocycles. The van der Waals surface area contributed by atoms with Crippen LogP contribution in [0, 0.1) is 16.7 Å². The Morgan fingerprint density at radius 1 is 0.833 bits per heavy atom. The molecule has 3 heterocycles. The van der Waals surface area contributed by atoms with Gasteiger partial charge >= 0.3 is 23.9 Å². The molecule has 1 aliphatic carbocycles. The molecule has 0 bridgehead atoms. The van der Waals surface area contributed by atoms with Crippen molar-refractivity contribution in [2.45, 2.75) is 92.4 Å². The number of urea groups is 1. The summed E-state index contributed by atoms with van der Waals surface area (Å²) in [6.07, 6.45) is 3.08. The van der Waals surface area contributed by atoms with E-state index in [9.17, 15) is 24.0 Å². The van der Waals surface area contributed by atoms with Crippen LogP contribution in [0.2, 0.25) is 0 Å². The number of aromatic nitrogens is 2. The van der Waals surface area contributed by atoms with E-state index in [1.807, 2.05) is 45.0 Å². The molecule has 3 aliphatic rings. The van der Waals surface area contributed by atoms with E-state index in [1.54, 1.807) is 42.8 Å². The van der Waals surface area contributed by atoms with Gasteiger partial charge in [0.15, 0.2) is 0 Å². The van der Waals surface area contributed by atoms with E-state index in [4.69, 9.17) is 9.47 Å². The maximum Gasteiger partial charge on any atom is 0.407 e. The number of hydrogen-bond donors (Lipinski definition) is 3. The molecular weight excluding hydrogens is 692 g/mol. The Kier molecular flexibility index (Phi) is 12.0. The summed E-state index contributed by atoms with van der Waals surface area (Å²) in [6.45, 7) is 20.2. The molecule has 54 heavy (non-hydrogen) atoms. The Morgan fingerprint density at radius 3 is 2.00 bits per heavy atom. The fourth-order valence-corrected chi connectivity index (χ4v) is 6.92. The summed E-state index contributed by atoms with van der Waals surface area (Å²) in [5.41, 5.74) is -0.439. The molecule has 2 saturated heterocycles. The zero-order valence-corrected chi connectivity index (χ0v) is 33.1. The van der Waals surface area contributed by atoms with Crippen molar-refractivity contribution >= 4 is 29.9 Å². The topological polar surface area (TPSA) is 167 Å². The summed E-state index contributed by atoms with van der Waals surface area (Å²) in [5, 5.41) is 8.38. The minimum absolute atomic E-state index is 0.0212. The highest BCUT2D eigenvalue weighted by atomic mass is 16.6. The molecule has 0 radical (unpaired) electrons. The van der Waals surface area contributed by atoms with Crippen LogP contribution in [0.15, 0.2) is 41.3 Å². The summed E-state index contributed by atoms with van der Waals surface area (Å²) >= 11 is 0. The Balaban J connectivity index is 1.07. The number of nitrogens with zero attached hydrogens (tertiary/aromatic N) is 5. The Bertz CT molecular complexity index is 1740. The molecule has 1 aromatic carbocycles. The second-order valence-corrected chi connectivity index (χ2v) is 17.4. The van der Waals surface area contributed by atoms with Crippen molar-refractivity contribution in [3.63, 3.8) is 0 Å². The normalized spacial score (nSPS) is 20.5. The third-order valence-electron chi connectivity index (χ3n) is 10.5. The van der Waals surface area contributed by atoms with Crippen LogP contribution >= 0.6 is 0 Å². The number of anilines is 1. The number of alkyl carbamates (subject to hydrolysis) is 2. The minimum Gasteiger partial charge on any atom is -0.444 e. The number of piperazine rings is 1. The molecule has 3 N–H and O–H groups in total. The van der Waals surface area contributed by atoms with Crippen LogP contribution in [0.1, 0.15) is 80.2 Å². The zero-order valence-electron chi connectivity index (χ0n) is 33.1. The molecule has 2 aromatic rings. The van der Waals surface area contributed by atoms with Crippen LogP contribution in [-0.4, -0.2) is 112 Å². The van der Waals surface area contributed by atoms with E-state index in [0.29, 0.717) is 51.3 Å². The molecule has 5 rings (SSSR count). The predicted octanol–water partition coefficient (Wildman–Crippen LogP) is 4.59. The van der Waals surface area contributed by atoms with Crippen LogP contribution in [0.25, 0.3) is 5.69 Å². The van der Waals surface area contributed by atoms with E-state index in [2.05, 4.69) is 39.7 Å². The molecule has 2 atom stereocenters. The number of carbonyl (C=O) groups is 4. The summed E-state index contributed by atoms with van der Waals surface area (Å²) in [5.74, 6) is 0.397. The first kappa shape index (κ1) is 40.5. The fourth-order valence-electron chi connectivity index (χ4n) is 6.92. The lowest BCUT2D eigenvalue weighted by atomic mass is 9.77. The monoisotopic (exact) mass is 750 g/mol. The molecule has 2 unspecified atom stereocenters. The molecule has 5 amide bonds. The molecule has 15 nitrogen and oxygen atoms in total. The van der Waals surface area contributed by atoms with Gasteiger partial charge in [0.05, 0.1) is 11.1 Å².